The summed E-state index contributed by atoms with van der Waals surface area (Å²) in [7, 11) is -3.32. The molecule has 0 aliphatic carbocycles. The minimum atomic E-state index is -3.32. The van der Waals surface area contributed by atoms with Gasteiger partial charge in [-0.3, -0.25) is 0 Å². The van der Waals surface area contributed by atoms with Crippen LogP contribution in [0.15, 0.2) is 121 Å². The summed E-state index contributed by atoms with van der Waals surface area (Å²) in [6.45, 7) is 1.87. The third-order valence-corrected chi connectivity index (χ3v) is 10.3. The molecule has 0 radical (unpaired) electrons. The van der Waals surface area contributed by atoms with E-state index in [-0.39, 0.29) is 38.6 Å². The standard InChI is InChI=1S/C33H34N2O3S/c36-33-34(21-27-13-5-1-6-14-27,22-28-15-7-2-8-16-28)31-25-39(37,38)26-32(31)35(33,23-29-17-9-3-10-18-29)24-30-19-11-4-12-20-30/h1-20,31-32H,21-26H2/q+2. The van der Waals surface area contributed by atoms with E-state index in [4.69, 9.17) is 0 Å². The quantitative estimate of drug-likeness (QED) is 0.213. The number of carbonyl (C=O) groups is 1. The summed E-state index contributed by atoms with van der Waals surface area (Å²) in [5.41, 5.74) is 4.18. The predicted octanol–water partition coefficient (Wildman–Crippen LogP) is 5.72. The molecule has 0 aromatic heterocycles. The van der Waals surface area contributed by atoms with Gasteiger partial charge in [-0.2, -0.15) is 13.8 Å². The molecule has 2 fully saturated rings. The number of quaternary nitrogens is 2. The van der Waals surface area contributed by atoms with E-state index in [2.05, 4.69) is 48.5 Å². The van der Waals surface area contributed by atoms with Crippen molar-refractivity contribution in [1.29, 1.82) is 0 Å². The number of amides is 2. The van der Waals surface area contributed by atoms with Crippen molar-refractivity contribution in [1.82, 2.24) is 0 Å². The normalized spacial score (nSPS) is 22.4. The largest absolute Gasteiger partial charge is 0.516 e. The van der Waals surface area contributed by atoms with Gasteiger partial charge in [0.05, 0.1) is 0 Å². The molecule has 4 aromatic rings. The van der Waals surface area contributed by atoms with Crippen molar-refractivity contribution in [2.24, 2.45) is 0 Å². The van der Waals surface area contributed by atoms with Gasteiger partial charge in [-0.15, -0.1) is 0 Å². The number of rotatable bonds is 8. The second-order valence-corrected chi connectivity index (χ2v) is 13.3. The molecule has 2 amide bonds. The van der Waals surface area contributed by atoms with Gasteiger partial charge in [0.15, 0.2) is 21.9 Å². The van der Waals surface area contributed by atoms with E-state index >= 15 is 4.79 Å². The zero-order valence-electron chi connectivity index (χ0n) is 22.0. The molecule has 198 valence electrons. The number of fused-ring (bicyclic) bond motifs is 1. The van der Waals surface area contributed by atoms with Gasteiger partial charge < -0.3 is 0 Å². The first-order valence-electron chi connectivity index (χ1n) is 13.6. The number of urea groups is 1. The fraction of sp³-hybridized carbons (Fsp3) is 0.242. The lowest BCUT2D eigenvalue weighted by Crippen LogP contribution is -2.59. The smallest absolute Gasteiger partial charge is 0.228 e. The molecule has 6 rings (SSSR count). The summed E-state index contributed by atoms with van der Waals surface area (Å²) < 4.78 is 27.0. The van der Waals surface area contributed by atoms with Crippen molar-refractivity contribution >= 4 is 15.9 Å². The summed E-state index contributed by atoms with van der Waals surface area (Å²) in [6, 6.07) is 39.8. The van der Waals surface area contributed by atoms with Crippen LogP contribution in [0.2, 0.25) is 0 Å². The van der Waals surface area contributed by atoms with Crippen LogP contribution in [-0.4, -0.2) is 47.0 Å². The van der Waals surface area contributed by atoms with Gasteiger partial charge >= 0.3 is 6.03 Å². The molecule has 2 saturated heterocycles. The average Bonchev–Trinajstić information content (AvgIpc) is 3.36. The Kier molecular flexibility index (Phi) is 6.71. The molecule has 6 heteroatoms. The molecule has 2 atom stereocenters. The lowest BCUT2D eigenvalue weighted by molar-refractivity contribution is -0.950. The number of hydrogen-bond donors (Lipinski definition) is 0. The maximum Gasteiger partial charge on any atom is 0.516 e. The van der Waals surface area contributed by atoms with Crippen LogP contribution in [0, 0.1) is 0 Å². The second-order valence-electron chi connectivity index (χ2n) is 11.1. The Balaban J connectivity index is 1.56. The van der Waals surface area contributed by atoms with Gasteiger partial charge in [0.1, 0.15) is 37.7 Å². The van der Waals surface area contributed by atoms with Crippen LogP contribution in [0.1, 0.15) is 22.3 Å². The Morgan fingerprint density at radius 2 is 0.744 bits per heavy atom. The lowest BCUT2D eigenvalue weighted by atomic mass is 10.0. The third kappa shape index (κ3) is 4.84. The second kappa shape index (κ2) is 10.2. The Labute approximate surface area is 231 Å². The van der Waals surface area contributed by atoms with E-state index in [1.807, 2.05) is 72.8 Å². The van der Waals surface area contributed by atoms with Gasteiger partial charge in [0.25, 0.3) is 0 Å². The van der Waals surface area contributed by atoms with Crippen LogP contribution in [0.4, 0.5) is 4.79 Å². The maximum atomic E-state index is 15.3. The Bertz CT molecular complexity index is 1350. The molecule has 5 nitrogen and oxygen atoms in total. The van der Waals surface area contributed by atoms with Crippen LogP contribution < -0.4 is 0 Å². The summed E-state index contributed by atoms with van der Waals surface area (Å²) in [5.74, 6) is 0.0688. The van der Waals surface area contributed by atoms with Crippen LogP contribution in [0.5, 0.6) is 0 Å². The molecule has 2 unspecified atom stereocenters. The number of hydrogen-bond acceptors (Lipinski definition) is 3. The highest BCUT2D eigenvalue weighted by atomic mass is 32.2. The fourth-order valence-electron chi connectivity index (χ4n) is 6.92. The Morgan fingerprint density at radius 1 is 0.487 bits per heavy atom. The van der Waals surface area contributed by atoms with Crippen LogP contribution in [0.3, 0.4) is 0 Å². The van der Waals surface area contributed by atoms with Crippen molar-refractivity contribution in [2.45, 2.75) is 38.3 Å². The van der Waals surface area contributed by atoms with Crippen molar-refractivity contribution in [2.75, 3.05) is 11.5 Å². The molecule has 39 heavy (non-hydrogen) atoms. The first-order valence-corrected chi connectivity index (χ1v) is 15.4. The molecule has 0 spiro atoms. The monoisotopic (exact) mass is 538 g/mol. The van der Waals surface area contributed by atoms with E-state index < -0.39 is 9.84 Å². The Hall–Kier alpha value is -3.58. The highest BCUT2D eigenvalue weighted by Gasteiger charge is 2.74. The highest BCUT2D eigenvalue weighted by molar-refractivity contribution is 7.91. The number of carbonyl (C=O) groups excluding carboxylic acids is 1. The van der Waals surface area contributed by atoms with Gasteiger partial charge in [-0.05, 0) is 0 Å². The maximum absolute atomic E-state index is 15.3. The Morgan fingerprint density at radius 3 is 1.00 bits per heavy atom. The zero-order valence-corrected chi connectivity index (χ0v) is 22.8. The summed E-state index contributed by atoms with van der Waals surface area (Å²) in [4.78, 5) is 15.3. The average molecular weight is 539 g/mol. The summed E-state index contributed by atoms with van der Waals surface area (Å²) >= 11 is 0. The van der Waals surface area contributed by atoms with Gasteiger partial charge in [-0.25, -0.2) is 8.42 Å². The van der Waals surface area contributed by atoms with Gasteiger partial charge in [0.2, 0.25) is 0 Å². The van der Waals surface area contributed by atoms with Crippen molar-refractivity contribution in [3.8, 4) is 0 Å². The van der Waals surface area contributed by atoms with Crippen molar-refractivity contribution in [3.63, 3.8) is 0 Å². The third-order valence-electron chi connectivity index (χ3n) is 8.56. The molecule has 0 N–H and O–H groups in total. The van der Waals surface area contributed by atoms with E-state index in [1.54, 1.807) is 0 Å². The SMILES string of the molecule is O=C1[N+](Cc2ccccc2)(Cc2ccccc2)C2CS(=O)(=O)CC2[N+]1(Cc1ccccc1)Cc1ccccc1. The number of nitrogens with zero attached hydrogens (tertiary/aromatic N) is 2. The minimum Gasteiger partial charge on any atom is -0.228 e. The first-order chi connectivity index (χ1) is 18.9. The van der Waals surface area contributed by atoms with Crippen molar-refractivity contribution in [3.05, 3.63) is 144 Å². The number of benzene rings is 4. The molecule has 2 aliphatic heterocycles. The van der Waals surface area contributed by atoms with Crippen LogP contribution in [-0.2, 0) is 36.0 Å². The van der Waals surface area contributed by atoms with Crippen molar-refractivity contribution < 1.29 is 22.2 Å². The summed E-state index contributed by atoms with van der Waals surface area (Å²) in [5, 5.41) is 0. The molecule has 4 aromatic carbocycles. The van der Waals surface area contributed by atoms with E-state index in [0.717, 1.165) is 22.3 Å². The van der Waals surface area contributed by atoms with Crippen LogP contribution >= 0.6 is 0 Å². The van der Waals surface area contributed by atoms with E-state index in [0.29, 0.717) is 26.2 Å². The minimum absolute atomic E-state index is 0.0344. The zero-order chi connectivity index (χ0) is 26.9. The molecular weight excluding hydrogens is 504 g/mol. The summed E-state index contributed by atoms with van der Waals surface area (Å²) in [6.07, 6.45) is 0. The molecular formula is C33H34N2O3S+2. The molecule has 0 saturated carbocycles. The van der Waals surface area contributed by atoms with E-state index in [1.165, 1.54) is 0 Å². The first kappa shape index (κ1) is 25.7. The lowest BCUT2D eigenvalue weighted by Gasteiger charge is -2.36. The molecule has 0 bridgehead atoms. The molecule has 2 heterocycles. The van der Waals surface area contributed by atoms with Crippen LogP contribution in [0.25, 0.3) is 0 Å². The predicted molar refractivity (Wildman–Crippen MR) is 153 cm³/mol. The fourth-order valence-corrected chi connectivity index (χ4v) is 9.11. The molecule has 2 aliphatic rings. The number of sulfone groups is 1. The van der Waals surface area contributed by atoms with E-state index in [9.17, 15) is 8.42 Å². The van der Waals surface area contributed by atoms with Gasteiger partial charge in [0, 0.05) is 22.3 Å². The van der Waals surface area contributed by atoms with Gasteiger partial charge in [-0.1, -0.05) is 121 Å². The highest BCUT2D eigenvalue weighted by Crippen LogP contribution is 2.47. The topological polar surface area (TPSA) is 51.2 Å².